The summed E-state index contributed by atoms with van der Waals surface area (Å²) in [7, 11) is 6.43. The van der Waals surface area contributed by atoms with Crippen LogP contribution in [0, 0.1) is 61.9 Å². The largest absolute Gasteiger partial charge is 0.469 e. The average Bonchev–Trinajstić information content (AvgIpc) is 0.834. The van der Waals surface area contributed by atoms with Gasteiger partial charge < -0.3 is 64.6 Å². The van der Waals surface area contributed by atoms with E-state index in [2.05, 4.69) is 66.9 Å². The lowest BCUT2D eigenvalue weighted by Crippen LogP contribution is -2.29. The summed E-state index contributed by atoms with van der Waals surface area (Å²) in [5, 5.41) is 107. The number of ketones is 3. The number of nitro groups is 5. The average molecular weight is 1940 g/mol. The number of azo groups is 4. The Kier molecular flexibility index (Phi) is 45.9. The molecule has 8 aromatic carbocycles. The second-order valence-corrected chi connectivity index (χ2v) is 29.6. The van der Waals surface area contributed by atoms with Crippen LogP contribution in [0.1, 0.15) is 105 Å². The van der Waals surface area contributed by atoms with E-state index < -0.39 is 59.8 Å². The number of hydrogen-bond acceptors (Lipinski definition) is 40. The van der Waals surface area contributed by atoms with Gasteiger partial charge in [-0.25, -0.2) is 0 Å². The Balaban J connectivity index is 0.000000327. The highest BCUT2D eigenvalue weighted by Gasteiger charge is 2.24. The number of nitrogens with one attached hydrogen (secondary N) is 4. The molecule has 0 spiro atoms. The molecule has 0 heterocycles. The summed E-state index contributed by atoms with van der Waals surface area (Å²) in [6.07, 6.45) is 1.22. The molecule has 8 aromatic rings. The summed E-state index contributed by atoms with van der Waals surface area (Å²) < 4.78 is 23.5. The second kappa shape index (κ2) is 57.1. The van der Waals surface area contributed by atoms with E-state index in [1.165, 1.54) is 145 Å². The predicted octanol–water partition coefficient (Wildman–Crippen LogP) is 17.3. The van der Waals surface area contributed by atoms with Gasteiger partial charge in [-0.2, -0.15) is 10.4 Å². The van der Waals surface area contributed by atoms with Gasteiger partial charge in [0.25, 0.3) is 22.7 Å². The molecular formula is C89H97ClN22O27. The van der Waals surface area contributed by atoms with Crippen LogP contribution < -0.4 is 40.9 Å². The number of Topliss-reactive ketones (excluding diaryl/α,β-unsaturated/α-hetero) is 3. The van der Waals surface area contributed by atoms with Crippen molar-refractivity contribution in [3.63, 3.8) is 0 Å². The third-order valence-electron chi connectivity index (χ3n) is 18.8. The lowest BCUT2D eigenvalue weighted by atomic mass is 10.2. The van der Waals surface area contributed by atoms with E-state index in [4.69, 9.17) is 30.5 Å². The number of carbonyl (C=O) groups excluding carboxylic acids is 12. The van der Waals surface area contributed by atoms with E-state index in [-0.39, 0.29) is 185 Å². The van der Waals surface area contributed by atoms with Gasteiger partial charge in [-0.3, -0.25) is 108 Å². The molecule has 0 unspecified atom stereocenters. The van der Waals surface area contributed by atoms with Crippen LogP contribution in [-0.2, 0) is 81.2 Å². The molecule has 0 aromatic heterocycles. The van der Waals surface area contributed by atoms with Crippen LogP contribution in [0.5, 0.6) is 0 Å². The molecule has 0 atom stereocenters. The number of benzene rings is 8. The summed E-state index contributed by atoms with van der Waals surface area (Å²) in [6.45, 7) is 12.1. The number of anilines is 8. The summed E-state index contributed by atoms with van der Waals surface area (Å²) >= 11 is 6.06. The number of ether oxygens (including phenoxy) is 5. The van der Waals surface area contributed by atoms with Gasteiger partial charge in [-0.1, -0.05) is 11.6 Å². The third kappa shape index (κ3) is 39.2. The van der Waals surface area contributed by atoms with E-state index in [0.717, 1.165) is 24.3 Å². The number of nitro benzene ring substituents is 5. The van der Waals surface area contributed by atoms with Gasteiger partial charge in [-0.15, -0.1) is 35.8 Å². The SMILES string of the molecule is COC(=O)CCN(CCC(=O)OC)c1ccc(N=Nc2ccc([N+](=O)[O-])cc2C#N)c(NC(C)=O)c1.COC(=O)CCN(CCC(C)=O)c1ccc(N=Nc2ccc([N+](=O)[O-])cc2)c(NC(C)=O)c1.COC(=O)CCN(CCC(C)=O)c1ccc(N=Nc2ccc([N+](=O)[O-])cc2Cl)c(NC(C)=O)c1.COC(=O)CCN(CCC(C)=O)c1ccc(N=Nc2ccc([N+](=O)[O-])cc2[N+](=O)[O-])c(NC(C)=O)c1. The molecule has 0 saturated heterocycles. The number of non-ortho nitro benzene ring substituents is 4. The maximum Gasteiger partial charge on any atom is 0.307 e. The molecule has 0 saturated carbocycles. The van der Waals surface area contributed by atoms with Gasteiger partial charge in [0.05, 0.1) is 137 Å². The Morgan fingerprint density at radius 1 is 0.309 bits per heavy atom. The van der Waals surface area contributed by atoms with Gasteiger partial charge in [0.15, 0.2) is 5.69 Å². The third-order valence-corrected chi connectivity index (χ3v) is 19.1. The minimum atomic E-state index is -0.812. The van der Waals surface area contributed by atoms with Crippen LogP contribution in [0.25, 0.3) is 0 Å². The molecule has 139 heavy (non-hydrogen) atoms. The van der Waals surface area contributed by atoms with Gasteiger partial charge in [0, 0.05) is 165 Å². The van der Waals surface area contributed by atoms with Gasteiger partial charge in [0.2, 0.25) is 23.6 Å². The topological polar surface area (TPSA) is 650 Å². The fourth-order valence-electron chi connectivity index (χ4n) is 11.8. The zero-order valence-electron chi connectivity index (χ0n) is 77.2. The number of nitrogens with zero attached hydrogens (tertiary/aromatic N) is 18. The number of carbonyl (C=O) groups is 12. The zero-order chi connectivity index (χ0) is 103. The Morgan fingerprint density at radius 2 is 0.554 bits per heavy atom. The molecule has 49 nitrogen and oxygen atoms in total. The molecule has 4 N–H and O–H groups in total. The maximum atomic E-state index is 11.8. The van der Waals surface area contributed by atoms with Crippen molar-refractivity contribution in [2.24, 2.45) is 40.9 Å². The quantitative estimate of drug-likeness (QED) is 0.00905. The van der Waals surface area contributed by atoms with E-state index in [1.807, 2.05) is 15.9 Å². The van der Waals surface area contributed by atoms with Crippen molar-refractivity contribution in [1.29, 1.82) is 5.26 Å². The minimum Gasteiger partial charge on any atom is -0.469 e. The lowest BCUT2D eigenvalue weighted by molar-refractivity contribution is -0.393. The number of hydrogen-bond donors (Lipinski definition) is 4. The molecule has 732 valence electrons. The van der Waals surface area contributed by atoms with Crippen molar-refractivity contribution in [2.45, 2.75) is 99.8 Å². The van der Waals surface area contributed by atoms with Gasteiger partial charge in [0.1, 0.15) is 57.5 Å². The molecule has 0 fully saturated rings. The molecule has 0 aliphatic rings. The van der Waals surface area contributed by atoms with Crippen LogP contribution in [0.2, 0.25) is 5.02 Å². The highest BCUT2D eigenvalue weighted by Crippen LogP contribution is 2.40. The molecular weight excluding hydrogens is 1840 g/mol. The van der Waals surface area contributed by atoms with Crippen molar-refractivity contribution in [3.05, 3.63) is 213 Å². The van der Waals surface area contributed by atoms with Crippen LogP contribution >= 0.6 is 11.6 Å². The molecule has 4 amide bonds. The molecule has 0 aliphatic carbocycles. The fraction of sp³-hybridized carbons (Fsp3) is 0.315. The van der Waals surface area contributed by atoms with Crippen LogP contribution in [0.3, 0.4) is 0 Å². The number of rotatable bonds is 45. The zero-order valence-corrected chi connectivity index (χ0v) is 78.0. The first-order valence-electron chi connectivity index (χ1n) is 41.4. The summed E-state index contributed by atoms with van der Waals surface area (Å²) in [5.41, 5.74) is 3.70. The number of halogens is 1. The highest BCUT2D eigenvalue weighted by molar-refractivity contribution is 6.33. The first kappa shape index (κ1) is 112. The van der Waals surface area contributed by atoms with Crippen molar-refractivity contribution in [1.82, 2.24) is 0 Å². The lowest BCUT2D eigenvalue weighted by Gasteiger charge is -2.25. The molecule has 0 bridgehead atoms. The molecule has 0 radical (unpaired) electrons. The van der Waals surface area contributed by atoms with E-state index >= 15 is 0 Å². The van der Waals surface area contributed by atoms with Crippen LogP contribution in [0.15, 0.2) is 193 Å². The number of methoxy groups -OCH3 is 5. The standard InChI is InChI=1S/C23H24N6O7.C22H24ClN5O6.C22H24N6O8.C22H25N5O6/c1-15(30)25-21-13-17(28(10-8-22(31)35-2)11-9-23(32)36-3)4-7-20(21)27-26-19-6-5-18(29(33)34)12-16(19)14-24;1-14(29)8-10-27(11-9-22(31)34-3)16-4-7-20(21(13-16)24-15(2)30)26-25-19-6-5-17(28(32)33)12-18(19)23;1-14(29)8-10-26(11-9-22(31)36-3)16-4-6-18(20(12-16)23-15(2)30)24-25-19-7-5-17(27(32)33)13-21(19)28(34)35;1-15(28)10-12-26(13-11-22(30)33-3)19-8-9-20(21(14-19)23-16(2)29)25-24-17-4-6-18(7-5-17)27(31)32/h4-7,12-13H,8-11H2,1-3H3,(H,25,30);4-7,12-13H,8-11H2,1-3H3,(H,24,30);4-7,12-13H,8-11H2,1-3H3,(H,23,30);4-9,14H,10-13H2,1-3H3,(H,23,29). The summed E-state index contributed by atoms with van der Waals surface area (Å²) in [4.78, 5) is 198. The first-order chi connectivity index (χ1) is 66.0. The monoisotopic (exact) mass is 1940 g/mol. The maximum absolute atomic E-state index is 11.8. The summed E-state index contributed by atoms with van der Waals surface area (Å²) in [6, 6.07) is 37.3. The number of esters is 5. The van der Waals surface area contributed by atoms with Crippen molar-refractivity contribution in [2.75, 3.05) is 129 Å². The summed E-state index contributed by atoms with van der Waals surface area (Å²) in [5.74, 6) is -3.56. The first-order valence-corrected chi connectivity index (χ1v) is 41.8. The second-order valence-electron chi connectivity index (χ2n) is 29.2. The van der Waals surface area contributed by atoms with Crippen molar-refractivity contribution < 1.29 is 106 Å². The number of amides is 4. The Bertz CT molecular complexity index is 6030. The van der Waals surface area contributed by atoms with Gasteiger partial charge in [-0.05, 0) is 124 Å². The van der Waals surface area contributed by atoms with E-state index in [9.17, 15) is 113 Å². The smallest absolute Gasteiger partial charge is 0.307 e. The molecule has 8 rings (SSSR count). The molecule has 50 heteroatoms. The normalized spacial score (nSPS) is 10.6. The van der Waals surface area contributed by atoms with E-state index in [0.29, 0.717) is 83.9 Å². The Morgan fingerprint density at radius 3 is 0.827 bits per heavy atom. The Hall–Kier alpha value is -17.6. The van der Waals surface area contributed by atoms with Crippen molar-refractivity contribution in [3.8, 4) is 6.07 Å². The predicted molar refractivity (Wildman–Crippen MR) is 506 cm³/mol. The van der Waals surface area contributed by atoms with Crippen LogP contribution in [-0.4, -0.2) is 183 Å². The Labute approximate surface area is 797 Å². The van der Waals surface area contributed by atoms with E-state index in [1.54, 1.807) is 76.5 Å². The fourth-order valence-corrected chi connectivity index (χ4v) is 12.0. The van der Waals surface area contributed by atoms with Crippen molar-refractivity contribution >= 4 is 202 Å². The highest BCUT2D eigenvalue weighted by atomic mass is 35.5. The van der Waals surface area contributed by atoms with Gasteiger partial charge >= 0.3 is 35.5 Å². The number of nitriles is 1. The van der Waals surface area contributed by atoms with Crippen LogP contribution in [0.4, 0.5) is 119 Å². The minimum absolute atomic E-state index is 0.00412. The molecule has 0 aliphatic heterocycles.